The van der Waals surface area contributed by atoms with E-state index >= 15 is 0 Å². The number of methoxy groups -OCH3 is 1. The van der Waals surface area contributed by atoms with Gasteiger partial charge >= 0.3 is 0 Å². The van der Waals surface area contributed by atoms with Gasteiger partial charge < -0.3 is 15.8 Å². The molecular weight excluding hydrogens is 360 g/mol. The molecule has 0 aromatic heterocycles. The average molecular weight is 372 g/mol. The van der Waals surface area contributed by atoms with Gasteiger partial charge in [-0.15, -0.1) is 0 Å². The molecule has 0 aliphatic carbocycles. The van der Waals surface area contributed by atoms with Crippen LogP contribution in [-0.4, -0.2) is 7.11 Å². The molecule has 94 valence electrons. The maximum absolute atomic E-state index is 5.93. The molecule has 0 bridgehead atoms. The Morgan fingerprint density at radius 3 is 2.56 bits per heavy atom. The number of rotatable bonds is 3. The molecule has 2 aromatic carbocycles. The third-order valence-electron chi connectivity index (χ3n) is 2.46. The lowest BCUT2D eigenvalue weighted by molar-refractivity contribution is 0.415. The predicted octanol–water partition coefficient (Wildman–Crippen LogP) is 4.55. The fourth-order valence-electron chi connectivity index (χ4n) is 1.51. The van der Waals surface area contributed by atoms with Crippen LogP contribution in [-0.2, 0) is 0 Å². The van der Waals surface area contributed by atoms with E-state index in [2.05, 4.69) is 37.2 Å². The summed E-state index contributed by atoms with van der Waals surface area (Å²) in [5.41, 5.74) is 8.36. The number of hydrogen-bond donors (Lipinski definition) is 2. The van der Waals surface area contributed by atoms with Crippen molar-refractivity contribution in [1.29, 1.82) is 0 Å². The van der Waals surface area contributed by atoms with Gasteiger partial charge in [0.1, 0.15) is 5.75 Å². The van der Waals surface area contributed by atoms with E-state index in [1.54, 1.807) is 7.11 Å². The minimum Gasteiger partial charge on any atom is -0.497 e. The van der Waals surface area contributed by atoms with Crippen molar-refractivity contribution in [1.82, 2.24) is 0 Å². The number of hydrogen-bond acceptors (Lipinski definition) is 3. The van der Waals surface area contributed by atoms with Gasteiger partial charge in [-0.25, -0.2) is 0 Å². The number of nitrogen functional groups attached to an aromatic ring is 1. The van der Waals surface area contributed by atoms with E-state index in [4.69, 9.17) is 10.5 Å². The first-order chi connectivity index (χ1) is 8.60. The molecule has 0 radical (unpaired) electrons. The molecular formula is C13H12Br2N2O. The van der Waals surface area contributed by atoms with Gasteiger partial charge in [0, 0.05) is 15.0 Å². The summed E-state index contributed by atoms with van der Waals surface area (Å²) < 4.78 is 7.12. The highest BCUT2D eigenvalue weighted by atomic mass is 79.9. The van der Waals surface area contributed by atoms with Gasteiger partial charge in [-0.1, -0.05) is 15.9 Å². The molecule has 0 atom stereocenters. The topological polar surface area (TPSA) is 47.3 Å². The molecule has 0 fully saturated rings. The van der Waals surface area contributed by atoms with Gasteiger partial charge in [-0.3, -0.25) is 0 Å². The third-order valence-corrected chi connectivity index (χ3v) is 3.64. The fraction of sp³-hybridized carbons (Fsp3) is 0.0769. The van der Waals surface area contributed by atoms with Gasteiger partial charge in [0.2, 0.25) is 0 Å². The summed E-state index contributed by atoms with van der Waals surface area (Å²) in [6.07, 6.45) is 0. The highest BCUT2D eigenvalue weighted by molar-refractivity contribution is 9.10. The zero-order chi connectivity index (χ0) is 13.1. The highest BCUT2D eigenvalue weighted by Gasteiger charge is 2.05. The Morgan fingerprint density at radius 2 is 1.83 bits per heavy atom. The van der Waals surface area contributed by atoms with Crippen LogP contribution in [0.25, 0.3) is 0 Å². The zero-order valence-corrected chi connectivity index (χ0v) is 12.9. The summed E-state index contributed by atoms with van der Waals surface area (Å²) in [5, 5.41) is 3.27. The van der Waals surface area contributed by atoms with E-state index in [0.717, 1.165) is 26.1 Å². The predicted molar refractivity (Wildman–Crippen MR) is 82.5 cm³/mol. The van der Waals surface area contributed by atoms with Gasteiger partial charge in [0.05, 0.1) is 24.2 Å². The van der Waals surface area contributed by atoms with Crippen molar-refractivity contribution in [2.75, 3.05) is 18.2 Å². The molecule has 0 aliphatic rings. The number of ether oxygens (including phenoxy) is 1. The number of halogens is 2. The second kappa shape index (κ2) is 5.63. The summed E-state index contributed by atoms with van der Waals surface area (Å²) in [6, 6.07) is 11.4. The maximum atomic E-state index is 5.93. The average Bonchev–Trinajstić information content (AvgIpc) is 2.36. The Labute approximate surface area is 123 Å². The number of benzene rings is 2. The van der Waals surface area contributed by atoms with E-state index in [-0.39, 0.29) is 0 Å². The first-order valence-electron chi connectivity index (χ1n) is 5.26. The lowest BCUT2D eigenvalue weighted by atomic mass is 10.2. The first-order valence-corrected chi connectivity index (χ1v) is 6.84. The number of nitrogens with one attached hydrogen (secondary N) is 1. The van der Waals surface area contributed by atoms with Crippen LogP contribution in [0, 0.1) is 0 Å². The van der Waals surface area contributed by atoms with Crippen molar-refractivity contribution in [2.45, 2.75) is 0 Å². The second-order valence-electron chi connectivity index (χ2n) is 3.70. The monoisotopic (exact) mass is 370 g/mol. The third kappa shape index (κ3) is 2.97. The molecule has 5 heteroatoms. The normalized spacial score (nSPS) is 10.2. The van der Waals surface area contributed by atoms with Crippen LogP contribution in [0.15, 0.2) is 45.3 Å². The summed E-state index contributed by atoms with van der Waals surface area (Å²) in [4.78, 5) is 0. The van der Waals surface area contributed by atoms with E-state index in [0.29, 0.717) is 5.69 Å². The van der Waals surface area contributed by atoms with Crippen molar-refractivity contribution < 1.29 is 4.74 Å². The van der Waals surface area contributed by atoms with Crippen molar-refractivity contribution in [3.63, 3.8) is 0 Å². The Balaban J connectivity index is 2.36. The lowest BCUT2D eigenvalue weighted by Crippen LogP contribution is -1.97. The van der Waals surface area contributed by atoms with Gasteiger partial charge in [-0.05, 0) is 46.3 Å². The number of anilines is 3. The first kappa shape index (κ1) is 13.2. The maximum Gasteiger partial charge on any atom is 0.121 e. The van der Waals surface area contributed by atoms with Crippen LogP contribution < -0.4 is 15.8 Å². The molecule has 0 saturated heterocycles. The molecule has 0 heterocycles. The molecule has 18 heavy (non-hydrogen) atoms. The van der Waals surface area contributed by atoms with Gasteiger partial charge in [0.25, 0.3) is 0 Å². The lowest BCUT2D eigenvalue weighted by Gasteiger charge is -2.12. The van der Waals surface area contributed by atoms with Crippen molar-refractivity contribution in [3.8, 4) is 5.75 Å². The summed E-state index contributed by atoms with van der Waals surface area (Å²) in [5.74, 6) is 0.786. The van der Waals surface area contributed by atoms with E-state index in [1.807, 2.05) is 36.4 Å². The molecule has 2 rings (SSSR count). The molecule has 0 spiro atoms. The largest absolute Gasteiger partial charge is 0.497 e. The molecule has 0 saturated carbocycles. The molecule has 3 N–H and O–H groups in total. The van der Waals surface area contributed by atoms with E-state index < -0.39 is 0 Å². The molecule has 2 aromatic rings. The minimum absolute atomic E-state index is 0.688. The standard InChI is InChI=1S/C13H12Br2N2O/c1-18-9-3-4-10(15)12(7-9)17-13-6-8(14)2-5-11(13)16/h2-7,17H,16H2,1H3. The van der Waals surface area contributed by atoms with Crippen LogP contribution in [0.3, 0.4) is 0 Å². The summed E-state index contributed by atoms with van der Waals surface area (Å²) in [6.45, 7) is 0. The van der Waals surface area contributed by atoms with Crippen LogP contribution in [0.1, 0.15) is 0 Å². The molecule has 0 aliphatic heterocycles. The Hall–Kier alpha value is -1.20. The summed E-state index contributed by atoms with van der Waals surface area (Å²) in [7, 11) is 1.64. The number of nitrogens with two attached hydrogens (primary N) is 1. The van der Waals surface area contributed by atoms with Crippen LogP contribution in [0.2, 0.25) is 0 Å². The van der Waals surface area contributed by atoms with Crippen LogP contribution in [0.4, 0.5) is 17.1 Å². The fourth-order valence-corrected chi connectivity index (χ4v) is 2.22. The minimum atomic E-state index is 0.688. The van der Waals surface area contributed by atoms with Crippen molar-refractivity contribution in [3.05, 3.63) is 45.3 Å². The second-order valence-corrected chi connectivity index (χ2v) is 5.47. The Bertz CT molecular complexity index is 573. The van der Waals surface area contributed by atoms with Crippen LogP contribution >= 0.6 is 31.9 Å². The zero-order valence-electron chi connectivity index (χ0n) is 9.71. The van der Waals surface area contributed by atoms with Crippen molar-refractivity contribution >= 4 is 48.9 Å². The molecule has 0 amide bonds. The smallest absolute Gasteiger partial charge is 0.121 e. The Morgan fingerprint density at radius 1 is 1.06 bits per heavy atom. The SMILES string of the molecule is COc1ccc(Br)c(Nc2cc(Br)ccc2N)c1. The van der Waals surface area contributed by atoms with E-state index in [9.17, 15) is 0 Å². The molecule has 3 nitrogen and oxygen atoms in total. The van der Waals surface area contributed by atoms with Gasteiger partial charge in [-0.2, -0.15) is 0 Å². The summed E-state index contributed by atoms with van der Waals surface area (Å²) >= 11 is 6.91. The Kier molecular flexibility index (Phi) is 4.14. The van der Waals surface area contributed by atoms with Crippen molar-refractivity contribution in [2.24, 2.45) is 0 Å². The van der Waals surface area contributed by atoms with E-state index in [1.165, 1.54) is 0 Å². The highest BCUT2D eigenvalue weighted by Crippen LogP contribution is 2.32. The van der Waals surface area contributed by atoms with Gasteiger partial charge in [0.15, 0.2) is 0 Å². The van der Waals surface area contributed by atoms with Crippen LogP contribution in [0.5, 0.6) is 5.75 Å². The quantitative estimate of drug-likeness (QED) is 0.778. The molecule has 0 unspecified atom stereocenters.